The van der Waals surface area contributed by atoms with Crippen molar-refractivity contribution >= 4 is 17.5 Å². The third-order valence-corrected chi connectivity index (χ3v) is 8.85. The van der Waals surface area contributed by atoms with Crippen molar-refractivity contribution in [2.45, 2.75) is 66.2 Å². The number of aliphatic carboxylic acids is 1. The Bertz CT molecular complexity index is 1090. The van der Waals surface area contributed by atoms with Crippen LogP contribution in [0.2, 0.25) is 0 Å². The van der Waals surface area contributed by atoms with E-state index in [1.165, 1.54) is 6.92 Å². The SMILES string of the molecule is C=C1CCC2[C@](C)(C(=O)O)CCC[C@]2(C)[C@H]1Cc1c(C)ccc2c1C(=O)C(O)=C(C)C2=O. The van der Waals surface area contributed by atoms with Crippen LogP contribution in [0, 0.1) is 29.6 Å². The minimum Gasteiger partial charge on any atom is -0.504 e. The fourth-order valence-corrected chi connectivity index (χ4v) is 6.85. The zero-order valence-electron chi connectivity index (χ0n) is 19.4. The van der Waals surface area contributed by atoms with Gasteiger partial charge in [-0.2, -0.15) is 0 Å². The van der Waals surface area contributed by atoms with Crippen LogP contribution in [-0.2, 0) is 11.2 Å². The number of hydrogen-bond acceptors (Lipinski definition) is 4. The molecule has 1 unspecified atom stereocenters. The highest BCUT2D eigenvalue weighted by molar-refractivity contribution is 6.26. The molecule has 0 amide bonds. The van der Waals surface area contributed by atoms with E-state index in [9.17, 15) is 24.6 Å². The molecule has 5 nitrogen and oxygen atoms in total. The monoisotopic (exact) mass is 436 g/mol. The Morgan fingerprint density at radius 1 is 1.16 bits per heavy atom. The normalized spacial score (nSPS) is 32.6. The molecule has 0 aromatic heterocycles. The Morgan fingerprint density at radius 2 is 1.84 bits per heavy atom. The molecule has 2 N–H and O–H groups in total. The lowest BCUT2D eigenvalue weighted by Gasteiger charge is -2.57. The molecule has 4 atom stereocenters. The molecule has 0 radical (unpaired) electrons. The van der Waals surface area contributed by atoms with Crippen LogP contribution in [0.15, 0.2) is 35.6 Å². The van der Waals surface area contributed by atoms with E-state index in [1.807, 2.05) is 19.9 Å². The van der Waals surface area contributed by atoms with Crippen LogP contribution in [-0.4, -0.2) is 27.7 Å². The summed E-state index contributed by atoms with van der Waals surface area (Å²) in [5.41, 5.74) is 2.44. The number of rotatable bonds is 3. The third-order valence-electron chi connectivity index (χ3n) is 8.85. The van der Waals surface area contributed by atoms with Gasteiger partial charge in [0.1, 0.15) is 0 Å². The van der Waals surface area contributed by atoms with E-state index >= 15 is 0 Å². The maximum Gasteiger partial charge on any atom is 0.309 e. The van der Waals surface area contributed by atoms with E-state index in [1.54, 1.807) is 6.07 Å². The van der Waals surface area contributed by atoms with Crippen molar-refractivity contribution < 1.29 is 24.6 Å². The highest BCUT2D eigenvalue weighted by Crippen LogP contribution is 2.61. The van der Waals surface area contributed by atoms with Gasteiger partial charge in [0.05, 0.1) is 5.41 Å². The molecule has 0 bridgehead atoms. The van der Waals surface area contributed by atoms with E-state index in [0.717, 1.165) is 42.4 Å². The number of carboxylic acids is 1. The van der Waals surface area contributed by atoms with Gasteiger partial charge in [0.2, 0.25) is 5.78 Å². The number of benzene rings is 1. The maximum atomic E-state index is 13.1. The van der Waals surface area contributed by atoms with Crippen LogP contribution >= 0.6 is 0 Å². The number of fused-ring (bicyclic) bond motifs is 2. The van der Waals surface area contributed by atoms with Gasteiger partial charge in [-0.3, -0.25) is 14.4 Å². The lowest BCUT2D eigenvalue weighted by Crippen LogP contribution is -2.53. The molecule has 1 aromatic carbocycles. The highest BCUT2D eigenvalue weighted by Gasteiger charge is 2.57. The molecular weight excluding hydrogens is 404 g/mol. The smallest absolute Gasteiger partial charge is 0.309 e. The van der Waals surface area contributed by atoms with Crippen LogP contribution in [0.25, 0.3) is 0 Å². The van der Waals surface area contributed by atoms with E-state index in [0.29, 0.717) is 24.0 Å². The Balaban J connectivity index is 1.82. The molecule has 0 aliphatic heterocycles. The molecule has 5 heteroatoms. The average Bonchev–Trinajstić information content (AvgIpc) is 2.73. The molecule has 1 aromatic rings. The molecule has 170 valence electrons. The van der Waals surface area contributed by atoms with Crippen LogP contribution in [0.3, 0.4) is 0 Å². The summed E-state index contributed by atoms with van der Waals surface area (Å²) in [5.74, 6) is -2.01. The minimum atomic E-state index is -0.777. The molecule has 0 saturated heterocycles. The van der Waals surface area contributed by atoms with Gasteiger partial charge in [-0.05, 0) is 81.3 Å². The average molecular weight is 437 g/mol. The van der Waals surface area contributed by atoms with Crippen molar-refractivity contribution in [3.63, 3.8) is 0 Å². The third kappa shape index (κ3) is 3.01. The summed E-state index contributed by atoms with van der Waals surface area (Å²) in [6.07, 6.45) is 4.51. The molecule has 3 aliphatic rings. The lowest BCUT2D eigenvalue weighted by atomic mass is 9.46. The van der Waals surface area contributed by atoms with Crippen molar-refractivity contribution in [1.82, 2.24) is 0 Å². The van der Waals surface area contributed by atoms with Crippen LogP contribution in [0.5, 0.6) is 0 Å². The first-order valence-electron chi connectivity index (χ1n) is 11.5. The Hall–Kier alpha value is -2.69. The van der Waals surface area contributed by atoms with Gasteiger partial charge in [0, 0.05) is 16.7 Å². The van der Waals surface area contributed by atoms with E-state index in [-0.39, 0.29) is 28.6 Å². The van der Waals surface area contributed by atoms with Crippen molar-refractivity contribution in [2.24, 2.45) is 22.7 Å². The number of Topliss-reactive ketones (excluding diaryl/α,β-unsaturated/α-hetero) is 2. The van der Waals surface area contributed by atoms with Crippen LogP contribution in [0.4, 0.5) is 0 Å². The van der Waals surface area contributed by atoms with Crippen LogP contribution < -0.4 is 0 Å². The number of carboxylic acid groups (broad SMARTS) is 1. The number of aliphatic hydroxyl groups excluding tert-OH is 1. The number of carbonyl (C=O) groups excluding carboxylic acids is 2. The first-order valence-corrected chi connectivity index (χ1v) is 11.5. The second kappa shape index (κ2) is 7.43. The molecule has 0 heterocycles. The summed E-state index contributed by atoms with van der Waals surface area (Å²) >= 11 is 0. The van der Waals surface area contributed by atoms with Gasteiger partial charge in [-0.25, -0.2) is 0 Å². The molecule has 2 fully saturated rings. The Kier molecular flexibility index (Phi) is 5.22. The van der Waals surface area contributed by atoms with Gasteiger partial charge < -0.3 is 10.2 Å². The van der Waals surface area contributed by atoms with E-state index < -0.39 is 22.9 Å². The second-order valence-corrected chi connectivity index (χ2v) is 10.5. The number of hydrogen-bond donors (Lipinski definition) is 2. The number of aryl methyl sites for hydroxylation is 1. The van der Waals surface area contributed by atoms with Crippen molar-refractivity contribution in [1.29, 1.82) is 0 Å². The van der Waals surface area contributed by atoms with Gasteiger partial charge in [-0.15, -0.1) is 0 Å². The Morgan fingerprint density at radius 3 is 2.50 bits per heavy atom. The fourth-order valence-electron chi connectivity index (χ4n) is 6.85. The summed E-state index contributed by atoms with van der Waals surface area (Å²) in [7, 11) is 0. The molecule has 3 aliphatic carbocycles. The maximum absolute atomic E-state index is 13.1. The molecule has 2 saturated carbocycles. The van der Waals surface area contributed by atoms with Crippen LogP contribution in [0.1, 0.15) is 84.7 Å². The topological polar surface area (TPSA) is 91.7 Å². The largest absolute Gasteiger partial charge is 0.504 e. The van der Waals surface area contributed by atoms with Gasteiger partial charge >= 0.3 is 5.97 Å². The van der Waals surface area contributed by atoms with Gasteiger partial charge in [-0.1, -0.05) is 37.6 Å². The van der Waals surface area contributed by atoms with Gasteiger partial charge in [0.15, 0.2) is 11.5 Å². The predicted octanol–water partition coefficient (Wildman–Crippen LogP) is 5.61. The summed E-state index contributed by atoms with van der Waals surface area (Å²) in [4.78, 5) is 38.1. The zero-order valence-corrected chi connectivity index (χ0v) is 19.4. The minimum absolute atomic E-state index is 0.00229. The zero-order chi connectivity index (χ0) is 23.6. The summed E-state index contributed by atoms with van der Waals surface area (Å²) in [6, 6.07) is 3.54. The highest BCUT2D eigenvalue weighted by atomic mass is 16.4. The quantitative estimate of drug-likeness (QED) is 0.601. The summed E-state index contributed by atoms with van der Waals surface area (Å²) in [5, 5.41) is 20.4. The number of carbonyl (C=O) groups is 3. The summed E-state index contributed by atoms with van der Waals surface area (Å²) < 4.78 is 0. The Labute approximate surface area is 189 Å². The van der Waals surface area contributed by atoms with Crippen molar-refractivity contribution in [3.05, 3.63) is 57.9 Å². The van der Waals surface area contributed by atoms with E-state index in [4.69, 9.17) is 0 Å². The number of ketones is 2. The standard InChI is InChI=1S/C27H32O5/c1-14-7-9-17-21(24(30)23(29)16(3)22(17)28)18(14)13-19-15(2)8-10-20-26(19,4)11-6-12-27(20,5)25(31)32/h7,9,19-20,29H,2,6,8,10-13H2,1,3-5H3,(H,31,32)/t19-,20?,26+,27+/m0/s1. The molecule has 32 heavy (non-hydrogen) atoms. The number of allylic oxidation sites excluding steroid dienone is 3. The first kappa shape index (κ1) is 22.5. The molecular formula is C27H32O5. The fraction of sp³-hybridized carbons (Fsp3) is 0.519. The number of aliphatic hydroxyl groups is 1. The predicted molar refractivity (Wildman–Crippen MR) is 122 cm³/mol. The molecule has 0 spiro atoms. The van der Waals surface area contributed by atoms with Crippen molar-refractivity contribution in [3.8, 4) is 0 Å². The second-order valence-electron chi connectivity index (χ2n) is 10.5. The van der Waals surface area contributed by atoms with E-state index in [2.05, 4.69) is 13.5 Å². The molecule has 4 rings (SSSR count). The van der Waals surface area contributed by atoms with Gasteiger partial charge in [0.25, 0.3) is 0 Å². The van der Waals surface area contributed by atoms with Crippen molar-refractivity contribution in [2.75, 3.05) is 0 Å². The lowest BCUT2D eigenvalue weighted by molar-refractivity contribution is -0.164. The summed E-state index contributed by atoms with van der Waals surface area (Å²) in [6.45, 7) is 11.8. The first-order chi connectivity index (χ1) is 14.9.